The molecule has 1 aromatic rings. The molecule has 17 heavy (non-hydrogen) atoms. The first-order chi connectivity index (χ1) is 8.36. The summed E-state index contributed by atoms with van der Waals surface area (Å²) in [5.41, 5.74) is 0.816. The number of hydrogen-bond donors (Lipinski definition) is 2. The second-order valence-corrected chi connectivity index (χ2v) is 4.54. The van der Waals surface area contributed by atoms with Crippen LogP contribution in [0.25, 0.3) is 0 Å². The number of benzene rings is 1. The van der Waals surface area contributed by atoms with Crippen molar-refractivity contribution in [3.63, 3.8) is 0 Å². The van der Waals surface area contributed by atoms with Crippen molar-refractivity contribution >= 4 is 5.78 Å². The molecule has 3 heteroatoms. The molecule has 0 bridgehead atoms. The minimum absolute atomic E-state index is 0.224. The van der Waals surface area contributed by atoms with Crippen LogP contribution in [0, 0.1) is 0 Å². The van der Waals surface area contributed by atoms with Crippen LogP contribution in [0.2, 0.25) is 0 Å². The molecule has 1 atom stereocenters. The Morgan fingerprint density at radius 1 is 1.35 bits per heavy atom. The Kier molecular flexibility index (Phi) is 4.71. The molecule has 2 rings (SSSR count). The van der Waals surface area contributed by atoms with Gasteiger partial charge in [-0.2, -0.15) is 0 Å². The smallest absolute Gasteiger partial charge is 0.164 e. The first-order valence-corrected chi connectivity index (χ1v) is 6.38. The third-order valence-electron chi connectivity index (χ3n) is 3.18. The zero-order chi connectivity index (χ0) is 11.9. The lowest BCUT2D eigenvalue weighted by atomic mass is 10.1. The third kappa shape index (κ3) is 3.95. The van der Waals surface area contributed by atoms with Crippen molar-refractivity contribution in [2.45, 2.75) is 25.3 Å². The predicted molar refractivity (Wildman–Crippen MR) is 69.3 cm³/mol. The number of rotatable bonds is 5. The summed E-state index contributed by atoms with van der Waals surface area (Å²) in [4.78, 5) is 11.8. The molecule has 0 saturated carbocycles. The van der Waals surface area contributed by atoms with Crippen molar-refractivity contribution in [2.75, 3.05) is 19.6 Å². The van der Waals surface area contributed by atoms with E-state index >= 15 is 0 Å². The molecule has 1 aliphatic heterocycles. The van der Waals surface area contributed by atoms with Gasteiger partial charge in [-0.25, -0.2) is 0 Å². The highest BCUT2D eigenvalue weighted by molar-refractivity contribution is 5.96. The highest BCUT2D eigenvalue weighted by atomic mass is 16.1. The van der Waals surface area contributed by atoms with Crippen molar-refractivity contribution in [3.05, 3.63) is 35.9 Å². The summed E-state index contributed by atoms with van der Waals surface area (Å²) in [5.74, 6) is 0.224. The molecule has 1 heterocycles. The minimum Gasteiger partial charge on any atom is -0.315 e. The molecule has 3 nitrogen and oxygen atoms in total. The highest BCUT2D eigenvalue weighted by Crippen LogP contribution is 2.04. The van der Waals surface area contributed by atoms with Crippen LogP contribution in [0.4, 0.5) is 0 Å². The van der Waals surface area contributed by atoms with Crippen LogP contribution < -0.4 is 10.6 Å². The van der Waals surface area contributed by atoms with Gasteiger partial charge in [0.05, 0.1) is 0 Å². The predicted octanol–water partition coefficient (Wildman–Crippen LogP) is 1.60. The van der Waals surface area contributed by atoms with E-state index in [2.05, 4.69) is 10.6 Å². The average Bonchev–Trinajstić information content (AvgIpc) is 2.41. The molecule has 0 aliphatic carbocycles. The fourth-order valence-electron chi connectivity index (χ4n) is 2.18. The topological polar surface area (TPSA) is 41.1 Å². The Balaban J connectivity index is 1.69. The van der Waals surface area contributed by atoms with E-state index in [0.717, 1.165) is 25.2 Å². The maximum atomic E-state index is 11.8. The summed E-state index contributed by atoms with van der Waals surface area (Å²) in [7, 11) is 0. The summed E-state index contributed by atoms with van der Waals surface area (Å²) in [6, 6.07) is 10.0. The molecular weight excluding hydrogens is 212 g/mol. The highest BCUT2D eigenvalue weighted by Gasteiger charge is 2.12. The second kappa shape index (κ2) is 6.52. The van der Waals surface area contributed by atoms with E-state index < -0.39 is 0 Å². The van der Waals surface area contributed by atoms with E-state index in [0.29, 0.717) is 12.5 Å². The van der Waals surface area contributed by atoms with Crippen molar-refractivity contribution < 1.29 is 4.79 Å². The van der Waals surface area contributed by atoms with Crippen LogP contribution in [0.5, 0.6) is 0 Å². The van der Waals surface area contributed by atoms with Crippen molar-refractivity contribution in [2.24, 2.45) is 0 Å². The molecule has 0 amide bonds. The molecule has 1 unspecified atom stereocenters. The van der Waals surface area contributed by atoms with Gasteiger partial charge in [0.25, 0.3) is 0 Å². The lowest BCUT2D eigenvalue weighted by Crippen LogP contribution is -2.43. The Labute approximate surface area is 103 Å². The standard InChI is InChI=1S/C14H20N2O/c17-14(12-5-2-1-3-6-12)8-10-16-13-7-4-9-15-11-13/h1-3,5-6,13,15-16H,4,7-11H2. The first kappa shape index (κ1) is 12.3. The number of ketones is 1. The molecule has 1 aliphatic rings. The van der Waals surface area contributed by atoms with Crippen LogP contribution in [-0.2, 0) is 0 Å². The van der Waals surface area contributed by atoms with Gasteiger partial charge in [-0.15, -0.1) is 0 Å². The molecule has 0 radical (unpaired) electrons. The molecule has 0 spiro atoms. The Bertz CT molecular complexity index is 344. The fourth-order valence-corrected chi connectivity index (χ4v) is 2.18. The first-order valence-electron chi connectivity index (χ1n) is 6.38. The van der Waals surface area contributed by atoms with Gasteiger partial charge in [-0.1, -0.05) is 30.3 Å². The van der Waals surface area contributed by atoms with Crippen molar-refractivity contribution in [3.8, 4) is 0 Å². The number of carbonyl (C=O) groups excluding carboxylic acids is 1. The number of hydrogen-bond acceptors (Lipinski definition) is 3. The van der Waals surface area contributed by atoms with Crippen LogP contribution in [0.15, 0.2) is 30.3 Å². The monoisotopic (exact) mass is 232 g/mol. The molecular formula is C14H20N2O. The molecule has 1 fully saturated rings. The Morgan fingerprint density at radius 3 is 2.88 bits per heavy atom. The van der Waals surface area contributed by atoms with Gasteiger partial charge < -0.3 is 10.6 Å². The number of nitrogens with one attached hydrogen (secondary N) is 2. The number of Topliss-reactive ketones (excluding diaryl/α,β-unsaturated/α-hetero) is 1. The second-order valence-electron chi connectivity index (χ2n) is 4.54. The number of piperidine rings is 1. The van der Waals surface area contributed by atoms with E-state index in [-0.39, 0.29) is 5.78 Å². The van der Waals surface area contributed by atoms with E-state index in [1.807, 2.05) is 30.3 Å². The summed E-state index contributed by atoms with van der Waals surface area (Å²) >= 11 is 0. The quantitative estimate of drug-likeness (QED) is 0.758. The molecule has 1 saturated heterocycles. The van der Waals surface area contributed by atoms with E-state index in [9.17, 15) is 4.79 Å². The van der Waals surface area contributed by atoms with Gasteiger partial charge in [0.15, 0.2) is 5.78 Å². The summed E-state index contributed by atoms with van der Waals surface area (Å²) in [6.45, 7) is 2.93. The maximum absolute atomic E-state index is 11.8. The maximum Gasteiger partial charge on any atom is 0.164 e. The fraction of sp³-hybridized carbons (Fsp3) is 0.500. The van der Waals surface area contributed by atoms with Gasteiger partial charge in [0.2, 0.25) is 0 Å². The van der Waals surface area contributed by atoms with Gasteiger partial charge in [-0.3, -0.25) is 4.79 Å². The lowest BCUT2D eigenvalue weighted by molar-refractivity contribution is 0.0981. The zero-order valence-corrected chi connectivity index (χ0v) is 10.1. The zero-order valence-electron chi connectivity index (χ0n) is 10.1. The third-order valence-corrected chi connectivity index (χ3v) is 3.18. The van der Waals surface area contributed by atoms with Crippen molar-refractivity contribution in [1.82, 2.24) is 10.6 Å². The molecule has 2 N–H and O–H groups in total. The minimum atomic E-state index is 0.224. The van der Waals surface area contributed by atoms with Gasteiger partial charge in [0, 0.05) is 31.1 Å². The van der Waals surface area contributed by atoms with Crippen LogP contribution in [-0.4, -0.2) is 31.5 Å². The summed E-state index contributed by atoms with van der Waals surface area (Å²) in [5, 5.41) is 6.80. The largest absolute Gasteiger partial charge is 0.315 e. The van der Waals surface area contributed by atoms with Crippen LogP contribution in [0.3, 0.4) is 0 Å². The van der Waals surface area contributed by atoms with E-state index in [1.165, 1.54) is 12.8 Å². The molecule has 1 aromatic carbocycles. The molecule has 92 valence electrons. The summed E-state index contributed by atoms with van der Waals surface area (Å²) in [6.07, 6.45) is 3.03. The van der Waals surface area contributed by atoms with E-state index in [4.69, 9.17) is 0 Å². The van der Waals surface area contributed by atoms with Gasteiger partial charge in [0.1, 0.15) is 0 Å². The lowest BCUT2D eigenvalue weighted by Gasteiger charge is -2.23. The Hall–Kier alpha value is -1.19. The van der Waals surface area contributed by atoms with Crippen molar-refractivity contribution in [1.29, 1.82) is 0 Å². The summed E-state index contributed by atoms with van der Waals surface area (Å²) < 4.78 is 0. The molecule has 0 aromatic heterocycles. The number of carbonyl (C=O) groups is 1. The average molecular weight is 232 g/mol. The Morgan fingerprint density at radius 2 is 2.18 bits per heavy atom. The van der Waals surface area contributed by atoms with Crippen LogP contribution in [0.1, 0.15) is 29.6 Å². The van der Waals surface area contributed by atoms with Crippen LogP contribution >= 0.6 is 0 Å². The van der Waals surface area contributed by atoms with Gasteiger partial charge >= 0.3 is 0 Å². The van der Waals surface area contributed by atoms with Gasteiger partial charge in [-0.05, 0) is 19.4 Å². The normalized spacial score (nSPS) is 20.1. The van der Waals surface area contributed by atoms with E-state index in [1.54, 1.807) is 0 Å². The SMILES string of the molecule is O=C(CCNC1CCCNC1)c1ccccc1.